The molecule has 7 nitrogen and oxygen atoms in total. The fourth-order valence-electron chi connectivity index (χ4n) is 3.09. The fraction of sp³-hybridized carbons (Fsp3) is 0.444. The number of carbonyl (C=O) groups is 2. The first-order valence-corrected chi connectivity index (χ1v) is 8.49. The van der Waals surface area contributed by atoms with Crippen LogP contribution in [0.25, 0.3) is 11.0 Å². The third kappa shape index (κ3) is 4.30. The highest BCUT2D eigenvalue weighted by molar-refractivity contribution is 5.79. The van der Waals surface area contributed by atoms with Gasteiger partial charge in [0.15, 0.2) is 0 Å². The summed E-state index contributed by atoms with van der Waals surface area (Å²) in [7, 11) is 1.77. The Balaban J connectivity index is 1.54. The van der Waals surface area contributed by atoms with Crippen LogP contribution < -0.4 is 5.73 Å². The quantitative estimate of drug-likeness (QED) is 0.868. The minimum absolute atomic E-state index is 0.0347. The summed E-state index contributed by atoms with van der Waals surface area (Å²) in [5.41, 5.74) is 7.78. The molecule has 2 aromatic rings. The normalized spacial score (nSPS) is 16.0. The predicted octanol–water partition coefficient (Wildman–Crippen LogP) is 0.785. The number of amides is 2. The number of primary amides is 1. The molecule has 0 bridgehead atoms. The van der Waals surface area contributed by atoms with Gasteiger partial charge in [-0.1, -0.05) is 12.1 Å². The molecule has 7 heteroatoms. The van der Waals surface area contributed by atoms with E-state index in [-0.39, 0.29) is 17.7 Å². The van der Waals surface area contributed by atoms with Gasteiger partial charge in [0.2, 0.25) is 11.8 Å². The smallest absolute Gasteiger partial charge is 0.236 e. The van der Waals surface area contributed by atoms with Crippen LogP contribution in [0.5, 0.6) is 0 Å². The first-order chi connectivity index (χ1) is 12.0. The van der Waals surface area contributed by atoms with Crippen LogP contribution in [0.3, 0.4) is 0 Å². The summed E-state index contributed by atoms with van der Waals surface area (Å²) < 4.78 is 0. The molecule has 0 aliphatic carbocycles. The molecule has 0 spiro atoms. The molecule has 1 aliphatic rings. The van der Waals surface area contributed by atoms with Gasteiger partial charge in [0, 0.05) is 13.0 Å². The predicted molar refractivity (Wildman–Crippen MR) is 94.4 cm³/mol. The van der Waals surface area contributed by atoms with Gasteiger partial charge in [-0.25, -0.2) is 4.98 Å². The molecule has 0 atom stereocenters. The number of nitrogens with two attached hydrogens (primary N) is 1. The average Bonchev–Trinajstić information content (AvgIpc) is 2.62. The van der Waals surface area contributed by atoms with Crippen LogP contribution in [-0.2, 0) is 16.1 Å². The van der Waals surface area contributed by atoms with Crippen molar-refractivity contribution < 1.29 is 9.59 Å². The van der Waals surface area contributed by atoms with E-state index >= 15 is 0 Å². The molecule has 2 N–H and O–H groups in total. The second-order valence-electron chi connectivity index (χ2n) is 6.55. The SMILES string of the molecule is CN(Cc1cnc2ccccc2n1)C(=O)CN1CCC(C(N)=O)CC1. The van der Waals surface area contributed by atoms with E-state index in [1.54, 1.807) is 18.1 Å². The third-order valence-electron chi connectivity index (χ3n) is 4.67. The lowest BCUT2D eigenvalue weighted by molar-refractivity contribution is -0.132. The number of nitrogens with zero attached hydrogens (tertiary/aromatic N) is 4. The minimum Gasteiger partial charge on any atom is -0.369 e. The zero-order chi connectivity index (χ0) is 17.8. The number of hydrogen-bond donors (Lipinski definition) is 1. The van der Waals surface area contributed by atoms with E-state index < -0.39 is 0 Å². The van der Waals surface area contributed by atoms with E-state index in [1.807, 2.05) is 24.3 Å². The molecule has 25 heavy (non-hydrogen) atoms. The summed E-state index contributed by atoms with van der Waals surface area (Å²) in [6.07, 6.45) is 3.16. The van der Waals surface area contributed by atoms with Crippen molar-refractivity contribution in [1.82, 2.24) is 19.8 Å². The summed E-state index contributed by atoms with van der Waals surface area (Å²) in [5, 5.41) is 0. The molecule has 1 aliphatic heterocycles. The molecule has 1 aromatic carbocycles. The first kappa shape index (κ1) is 17.3. The Morgan fingerprint density at radius 3 is 2.60 bits per heavy atom. The topological polar surface area (TPSA) is 92.4 Å². The Labute approximate surface area is 146 Å². The maximum atomic E-state index is 12.4. The lowest BCUT2D eigenvalue weighted by Crippen LogP contribution is -2.44. The Hall–Kier alpha value is -2.54. The van der Waals surface area contributed by atoms with Crippen molar-refractivity contribution in [2.24, 2.45) is 11.7 Å². The van der Waals surface area contributed by atoms with Crippen LogP contribution in [0, 0.1) is 5.92 Å². The largest absolute Gasteiger partial charge is 0.369 e. The highest BCUT2D eigenvalue weighted by Crippen LogP contribution is 2.16. The van der Waals surface area contributed by atoms with E-state index in [2.05, 4.69) is 14.9 Å². The molecule has 0 unspecified atom stereocenters. The van der Waals surface area contributed by atoms with Gasteiger partial charge in [0.05, 0.1) is 36.0 Å². The molecule has 2 amide bonds. The van der Waals surface area contributed by atoms with Gasteiger partial charge in [0.1, 0.15) is 0 Å². The number of piperidine rings is 1. The number of likely N-dealkylation sites (N-methyl/N-ethyl adjacent to an activating group) is 1. The maximum absolute atomic E-state index is 12.4. The highest BCUT2D eigenvalue weighted by atomic mass is 16.2. The van der Waals surface area contributed by atoms with Crippen LogP contribution in [-0.4, -0.2) is 58.3 Å². The van der Waals surface area contributed by atoms with Crippen LogP contribution in [0.15, 0.2) is 30.5 Å². The van der Waals surface area contributed by atoms with E-state index in [4.69, 9.17) is 5.73 Å². The van der Waals surface area contributed by atoms with Gasteiger partial charge in [-0.05, 0) is 38.1 Å². The van der Waals surface area contributed by atoms with Crippen LogP contribution in [0.1, 0.15) is 18.5 Å². The molecular weight excluding hydrogens is 318 g/mol. The van der Waals surface area contributed by atoms with E-state index in [0.717, 1.165) is 42.7 Å². The Morgan fingerprint density at radius 1 is 1.24 bits per heavy atom. The van der Waals surface area contributed by atoms with Gasteiger partial charge in [0.25, 0.3) is 0 Å². The van der Waals surface area contributed by atoms with Crippen LogP contribution in [0.4, 0.5) is 0 Å². The number of fused-ring (bicyclic) bond motifs is 1. The van der Waals surface area contributed by atoms with Crippen molar-refractivity contribution in [3.8, 4) is 0 Å². The lowest BCUT2D eigenvalue weighted by atomic mass is 9.96. The Kier molecular flexibility index (Phi) is 5.23. The molecule has 3 rings (SSSR count). The lowest BCUT2D eigenvalue weighted by Gasteiger charge is -2.31. The number of hydrogen-bond acceptors (Lipinski definition) is 5. The van der Waals surface area contributed by atoms with Crippen molar-refractivity contribution in [2.75, 3.05) is 26.7 Å². The zero-order valence-corrected chi connectivity index (χ0v) is 14.4. The summed E-state index contributed by atoms with van der Waals surface area (Å²) >= 11 is 0. The summed E-state index contributed by atoms with van der Waals surface area (Å²) in [6, 6.07) is 7.67. The average molecular weight is 341 g/mol. The summed E-state index contributed by atoms with van der Waals surface area (Å²) in [6.45, 7) is 2.23. The number of likely N-dealkylation sites (tertiary alicyclic amines) is 1. The molecular formula is C18H23N5O2. The molecule has 1 fully saturated rings. The number of para-hydroxylation sites is 2. The third-order valence-corrected chi connectivity index (χ3v) is 4.67. The molecule has 1 saturated heterocycles. The molecule has 0 saturated carbocycles. The van der Waals surface area contributed by atoms with E-state index in [0.29, 0.717) is 13.1 Å². The van der Waals surface area contributed by atoms with Gasteiger partial charge < -0.3 is 10.6 Å². The standard InChI is InChI=1S/C18H23N5O2/c1-22(11-14-10-20-15-4-2-3-5-16(15)21-14)17(24)12-23-8-6-13(7-9-23)18(19)25/h2-5,10,13H,6-9,11-12H2,1H3,(H2,19,25). The number of rotatable bonds is 5. The minimum atomic E-state index is -0.238. The van der Waals surface area contributed by atoms with Gasteiger partial charge >= 0.3 is 0 Å². The fourth-order valence-corrected chi connectivity index (χ4v) is 3.09. The monoisotopic (exact) mass is 341 g/mol. The summed E-state index contributed by atoms with van der Waals surface area (Å²) in [4.78, 5) is 36.3. The maximum Gasteiger partial charge on any atom is 0.236 e. The second kappa shape index (κ2) is 7.57. The molecule has 0 radical (unpaired) electrons. The second-order valence-corrected chi connectivity index (χ2v) is 6.55. The zero-order valence-electron chi connectivity index (χ0n) is 14.4. The Bertz CT molecular complexity index is 771. The van der Waals surface area contributed by atoms with Crippen molar-refractivity contribution >= 4 is 22.8 Å². The van der Waals surface area contributed by atoms with Crippen molar-refractivity contribution in [2.45, 2.75) is 19.4 Å². The van der Waals surface area contributed by atoms with Crippen molar-refractivity contribution in [3.63, 3.8) is 0 Å². The summed E-state index contributed by atoms with van der Waals surface area (Å²) in [5.74, 6) is -0.262. The van der Waals surface area contributed by atoms with Gasteiger partial charge in [-0.2, -0.15) is 0 Å². The molecule has 1 aromatic heterocycles. The first-order valence-electron chi connectivity index (χ1n) is 8.49. The van der Waals surface area contributed by atoms with E-state index in [9.17, 15) is 9.59 Å². The van der Waals surface area contributed by atoms with Crippen LogP contribution in [0.2, 0.25) is 0 Å². The number of benzene rings is 1. The van der Waals surface area contributed by atoms with E-state index in [1.165, 1.54) is 0 Å². The van der Waals surface area contributed by atoms with Crippen molar-refractivity contribution in [3.05, 3.63) is 36.2 Å². The number of aromatic nitrogens is 2. The number of carbonyl (C=O) groups excluding carboxylic acids is 2. The Morgan fingerprint density at radius 2 is 1.92 bits per heavy atom. The van der Waals surface area contributed by atoms with Crippen molar-refractivity contribution in [1.29, 1.82) is 0 Å². The molecule has 132 valence electrons. The van der Waals surface area contributed by atoms with Gasteiger partial charge in [-0.15, -0.1) is 0 Å². The van der Waals surface area contributed by atoms with Gasteiger partial charge in [-0.3, -0.25) is 19.5 Å². The van der Waals surface area contributed by atoms with Crippen LogP contribution >= 0.6 is 0 Å². The highest BCUT2D eigenvalue weighted by Gasteiger charge is 2.25. The molecule has 2 heterocycles.